The highest BCUT2D eigenvalue weighted by Crippen LogP contribution is 2.21. The Morgan fingerprint density at radius 2 is 1.87 bits per heavy atom. The van der Waals surface area contributed by atoms with E-state index < -0.39 is 42.1 Å². The van der Waals surface area contributed by atoms with Crippen LogP contribution in [0.5, 0.6) is 0 Å². The van der Waals surface area contributed by atoms with Gasteiger partial charge < -0.3 is 24.4 Å². The van der Waals surface area contributed by atoms with Crippen LogP contribution in [0.4, 0.5) is 10.5 Å². The summed E-state index contributed by atoms with van der Waals surface area (Å²) < 4.78 is 15.1. The molecule has 2 amide bonds. The zero-order chi connectivity index (χ0) is 22.3. The second-order valence-corrected chi connectivity index (χ2v) is 7.96. The fourth-order valence-corrected chi connectivity index (χ4v) is 2.98. The molecule has 0 aromatic heterocycles. The van der Waals surface area contributed by atoms with E-state index in [4.69, 9.17) is 9.47 Å². The summed E-state index contributed by atoms with van der Waals surface area (Å²) in [5.74, 6) is -2.26. The van der Waals surface area contributed by atoms with Gasteiger partial charge in [0, 0.05) is 13.1 Å². The van der Waals surface area contributed by atoms with Crippen LogP contribution in [0.15, 0.2) is 24.3 Å². The fraction of sp³-hybridized carbons (Fsp3) is 0.524. The maximum absolute atomic E-state index is 12.4. The molecule has 9 heteroatoms. The number of hydrogen-bond donors (Lipinski definition) is 1. The summed E-state index contributed by atoms with van der Waals surface area (Å²) in [5, 5.41) is 2.54. The molecule has 1 fully saturated rings. The zero-order valence-electron chi connectivity index (χ0n) is 17.7. The Bertz CT molecular complexity index is 801. The zero-order valence-corrected chi connectivity index (χ0v) is 17.7. The van der Waals surface area contributed by atoms with E-state index in [9.17, 15) is 19.2 Å². The van der Waals surface area contributed by atoms with Crippen molar-refractivity contribution < 1.29 is 33.4 Å². The summed E-state index contributed by atoms with van der Waals surface area (Å²) >= 11 is 0. The lowest BCUT2D eigenvalue weighted by Crippen LogP contribution is -2.45. The normalized spacial score (nSPS) is 16.4. The molecule has 0 aliphatic carbocycles. The number of methoxy groups -OCH3 is 1. The highest BCUT2D eigenvalue weighted by atomic mass is 16.6. The molecule has 0 saturated carbocycles. The number of para-hydroxylation sites is 1. The second kappa shape index (κ2) is 10.1. The van der Waals surface area contributed by atoms with Crippen LogP contribution in [0.25, 0.3) is 0 Å². The molecule has 1 aromatic carbocycles. The number of rotatable bonds is 5. The van der Waals surface area contributed by atoms with E-state index in [0.29, 0.717) is 19.4 Å². The number of hydrogen-bond acceptors (Lipinski definition) is 7. The van der Waals surface area contributed by atoms with Crippen molar-refractivity contribution in [2.45, 2.75) is 39.2 Å². The van der Waals surface area contributed by atoms with Crippen molar-refractivity contribution in [2.75, 3.05) is 32.1 Å². The van der Waals surface area contributed by atoms with E-state index in [1.165, 1.54) is 18.1 Å². The molecule has 1 aliphatic heterocycles. The molecule has 30 heavy (non-hydrogen) atoms. The quantitative estimate of drug-likeness (QED) is 0.576. The van der Waals surface area contributed by atoms with Crippen molar-refractivity contribution in [1.29, 1.82) is 0 Å². The summed E-state index contributed by atoms with van der Waals surface area (Å²) in [5.41, 5.74) is -0.164. The molecule has 1 N–H and O–H groups in total. The van der Waals surface area contributed by atoms with Crippen LogP contribution in [-0.2, 0) is 23.8 Å². The summed E-state index contributed by atoms with van der Waals surface area (Å²) in [4.78, 5) is 50.0. The van der Waals surface area contributed by atoms with Gasteiger partial charge in [-0.25, -0.2) is 9.59 Å². The van der Waals surface area contributed by atoms with Gasteiger partial charge in [0.2, 0.25) is 0 Å². The van der Waals surface area contributed by atoms with Gasteiger partial charge in [0.1, 0.15) is 5.60 Å². The second-order valence-electron chi connectivity index (χ2n) is 7.96. The highest BCUT2D eigenvalue weighted by molar-refractivity contribution is 6.01. The van der Waals surface area contributed by atoms with Gasteiger partial charge in [-0.2, -0.15) is 0 Å². The minimum Gasteiger partial charge on any atom is -0.465 e. The van der Waals surface area contributed by atoms with Crippen LogP contribution < -0.4 is 5.32 Å². The van der Waals surface area contributed by atoms with Crippen molar-refractivity contribution in [3.63, 3.8) is 0 Å². The van der Waals surface area contributed by atoms with Crippen LogP contribution >= 0.6 is 0 Å². The van der Waals surface area contributed by atoms with Gasteiger partial charge in [0.15, 0.2) is 6.61 Å². The number of ether oxygens (including phenoxy) is 3. The number of carbonyl (C=O) groups is 4. The molecule has 1 atom stereocenters. The van der Waals surface area contributed by atoms with E-state index in [2.05, 4.69) is 10.1 Å². The van der Waals surface area contributed by atoms with Gasteiger partial charge in [-0.05, 0) is 45.7 Å². The number of nitrogens with zero attached hydrogens (tertiary/aromatic N) is 1. The largest absolute Gasteiger partial charge is 0.465 e. The van der Waals surface area contributed by atoms with Gasteiger partial charge in [-0.15, -0.1) is 0 Å². The van der Waals surface area contributed by atoms with E-state index >= 15 is 0 Å². The number of esters is 2. The lowest BCUT2D eigenvalue weighted by Gasteiger charge is -2.33. The Hall–Kier alpha value is -3.10. The molecule has 0 bridgehead atoms. The average molecular weight is 420 g/mol. The lowest BCUT2D eigenvalue weighted by molar-refractivity contribution is -0.153. The van der Waals surface area contributed by atoms with Crippen molar-refractivity contribution in [3.05, 3.63) is 29.8 Å². The maximum Gasteiger partial charge on any atom is 0.410 e. The molecular weight excluding hydrogens is 392 g/mol. The van der Waals surface area contributed by atoms with E-state index in [-0.39, 0.29) is 17.8 Å². The summed E-state index contributed by atoms with van der Waals surface area (Å²) in [6.07, 6.45) is 0.722. The molecule has 2 rings (SSSR count). The minimum absolute atomic E-state index is 0.181. The van der Waals surface area contributed by atoms with E-state index in [1.807, 2.05) is 0 Å². The summed E-state index contributed by atoms with van der Waals surface area (Å²) in [6, 6.07) is 6.36. The Kier molecular flexibility index (Phi) is 7.79. The molecule has 1 heterocycles. The summed E-state index contributed by atoms with van der Waals surface area (Å²) in [7, 11) is 1.24. The van der Waals surface area contributed by atoms with E-state index in [0.717, 1.165) is 0 Å². The van der Waals surface area contributed by atoms with Crippen LogP contribution in [0, 0.1) is 5.92 Å². The number of anilines is 1. The monoisotopic (exact) mass is 420 g/mol. The van der Waals surface area contributed by atoms with Gasteiger partial charge in [-0.1, -0.05) is 12.1 Å². The molecule has 164 valence electrons. The Labute approximate surface area is 175 Å². The average Bonchev–Trinajstić information content (AvgIpc) is 2.70. The molecule has 9 nitrogen and oxygen atoms in total. The predicted octanol–water partition coefficient (Wildman–Crippen LogP) is 2.60. The molecular formula is C21H28N2O7. The van der Waals surface area contributed by atoms with Crippen molar-refractivity contribution in [2.24, 2.45) is 5.92 Å². The maximum atomic E-state index is 12.4. The SMILES string of the molecule is COC(=O)c1ccccc1NC(=O)COC(=O)C1CCCN(C(=O)OC(C)(C)C)C1. The van der Waals surface area contributed by atoms with Crippen molar-refractivity contribution in [1.82, 2.24) is 4.90 Å². The lowest BCUT2D eigenvalue weighted by atomic mass is 9.98. The first-order chi connectivity index (χ1) is 14.1. The molecule has 0 radical (unpaired) electrons. The number of carbonyl (C=O) groups excluding carboxylic acids is 4. The Morgan fingerprint density at radius 1 is 1.17 bits per heavy atom. The van der Waals surface area contributed by atoms with Crippen molar-refractivity contribution >= 4 is 29.6 Å². The first kappa shape index (κ1) is 23.2. The Morgan fingerprint density at radius 3 is 2.53 bits per heavy atom. The first-order valence-electron chi connectivity index (χ1n) is 9.72. The number of nitrogens with one attached hydrogen (secondary N) is 1. The molecule has 0 spiro atoms. The molecule has 1 saturated heterocycles. The van der Waals surface area contributed by atoms with Gasteiger partial charge in [0.05, 0.1) is 24.3 Å². The van der Waals surface area contributed by atoms with Gasteiger partial charge in [-0.3, -0.25) is 9.59 Å². The topological polar surface area (TPSA) is 111 Å². The molecule has 1 unspecified atom stereocenters. The van der Waals surface area contributed by atoms with E-state index in [1.54, 1.807) is 39.0 Å². The third-order valence-corrected chi connectivity index (χ3v) is 4.36. The Balaban J connectivity index is 1.87. The standard InChI is InChI=1S/C21H28N2O7/c1-21(2,3)30-20(27)23-11-7-8-14(12-23)18(25)29-13-17(24)22-16-10-6-5-9-15(16)19(26)28-4/h5-6,9-10,14H,7-8,11-13H2,1-4H3,(H,22,24). The molecule has 1 aromatic rings. The number of amides is 2. The highest BCUT2D eigenvalue weighted by Gasteiger charge is 2.32. The number of piperidine rings is 1. The first-order valence-corrected chi connectivity index (χ1v) is 9.72. The van der Waals surface area contributed by atoms with Crippen LogP contribution in [0.1, 0.15) is 44.0 Å². The smallest absolute Gasteiger partial charge is 0.410 e. The predicted molar refractivity (Wildman–Crippen MR) is 108 cm³/mol. The van der Waals surface area contributed by atoms with Gasteiger partial charge >= 0.3 is 18.0 Å². The van der Waals surface area contributed by atoms with Crippen LogP contribution in [0.3, 0.4) is 0 Å². The van der Waals surface area contributed by atoms with Crippen LogP contribution in [0.2, 0.25) is 0 Å². The van der Waals surface area contributed by atoms with Crippen LogP contribution in [-0.4, -0.2) is 61.2 Å². The number of likely N-dealkylation sites (tertiary alicyclic amines) is 1. The third-order valence-electron chi connectivity index (χ3n) is 4.36. The fourth-order valence-electron chi connectivity index (χ4n) is 2.98. The van der Waals surface area contributed by atoms with Crippen molar-refractivity contribution in [3.8, 4) is 0 Å². The molecule has 1 aliphatic rings. The summed E-state index contributed by atoms with van der Waals surface area (Å²) in [6.45, 7) is 5.51. The minimum atomic E-state index is -0.622. The van der Waals surface area contributed by atoms with Gasteiger partial charge in [0.25, 0.3) is 5.91 Å². The third kappa shape index (κ3) is 6.75. The number of benzene rings is 1.